The number of aliphatic hydroxyl groups excluding tert-OH is 1. The fraction of sp³-hybridized carbons (Fsp3) is 0.500. The summed E-state index contributed by atoms with van der Waals surface area (Å²) in [6, 6.07) is 1.13. The number of H-pyrrole nitrogens is 1. The molecule has 0 spiro atoms. The van der Waals surface area contributed by atoms with Crippen LogP contribution in [0.2, 0.25) is 0 Å². The number of methoxy groups -OCH3 is 1. The van der Waals surface area contributed by atoms with Crippen LogP contribution in [0.3, 0.4) is 0 Å². The highest BCUT2D eigenvalue weighted by molar-refractivity contribution is 7.56. The van der Waals surface area contributed by atoms with Crippen LogP contribution in [0.1, 0.15) is 6.23 Å². The van der Waals surface area contributed by atoms with Crippen molar-refractivity contribution in [2.45, 2.75) is 12.3 Å². The number of nitrogens with one attached hydrogen (secondary N) is 1. The van der Waals surface area contributed by atoms with E-state index in [0.717, 1.165) is 29.6 Å². The van der Waals surface area contributed by atoms with Crippen molar-refractivity contribution in [3.63, 3.8) is 0 Å². The van der Waals surface area contributed by atoms with Crippen LogP contribution in [0.5, 0.6) is 0 Å². The Bertz CT molecular complexity index is 682. The fourth-order valence-corrected chi connectivity index (χ4v) is 2.13. The number of aromatic nitrogens is 2. The molecule has 1 aromatic rings. The van der Waals surface area contributed by atoms with Crippen molar-refractivity contribution in [1.29, 1.82) is 0 Å². The maximum atomic E-state index is 11.8. The highest BCUT2D eigenvalue weighted by Crippen LogP contribution is 2.42. The summed E-state index contributed by atoms with van der Waals surface area (Å²) >= 11 is 0. The van der Waals surface area contributed by atoms with Crippen molar-refractivity contribution in [1.82, 2.24) is 9.55 Å². The fourth-order valence-electron chi connectivity index (χ4n) is 1.60. The Balaban J connectivity index is 2.99. The number of aliphatic hydroxyl groups is 1. The topological polar surface area (TPSA) is 140 Å². The van der Waals surface area contributed by atoms with Crippen LogP contribution < -0.4 is 11.2 Å². The molecule has 1 rings (SSSR count). The van der Waals surface area contributed by atoms with Crippen molar-refractivity contribution in [2.24, 2.45) is 0 Å². The molecule has 11 heteroatoms. The van der Waals surface area contributed by atoms with Gasteiger partial charge in [0.2, 0.25) is 0 Å². The lowest BCUT2D eigenvalue weighted by Gasteiger charge is -2.23. The van der Waals surface area contributed by atoms with Crippen molar-refractivity contribution in [2.75, 3.05) is 27.4 Å². The van der Waals surface area contributed by atoms with Gasteiger partial charge in [-0.05, 0) is 6.08 Å². The summed E-state index contributed by atoms with van der Waals surface area (Å²) in [7, 11) is -1.46. The van der Waals surface area contributed by atoms with E-state index in [1.165, 1.54) is 13.3 Å². The first-order valence-corrected chi connectivity index (χ1v) is 8.12. The van der Waals surface area contributed by atoms with Crippen LogP contribution in [0.4, 0.5) is 0 Å². The first kappa shape index (κ1) is 19.5. The van der Waals surface area contributed by atoms with E-state index in [-0.39, 0.29) is 6.61 Å². The van der Waals surface area contributed by atoms with Gasteiger partial charge >= 0.3 is 13.3 Å². The van der Waals surface area contributed by atoms with Gasteiger partial charge in [-0.25, -0.2) is 4.79 Å². The second kappa shape index (κ2) is 8.92. The molecule has 0 aliphatic carbocycles. The highest BCUT2D eigenvalue weighted by atomic mass is 31.2. The number of nitrogens with zero attached hydrogens (tertiary/aromatic N) is 1. The highest BCUT2D eigenvalue weighted by Gasteiger charge is 2.19. The van der Waals surface area contributed by atoms with Crippen LogP contribution in [-0.2, 0) is 18.6 Å². The molecule has 0 fully saturated rings. The maximum Gasteiger partial charge on any atom is 0.351 e. The van der Waals surface area contributed by atoms with Crippen LogP contribution >= 0.6 is 7.60 Å². The molecule has 1 aromatic heterocycles. The van der Waals surface area contributed by atoms with E-state index in [9.17, 15) is 24.2 Å². The van der Waals surface area contributed by atoms with Crippen LogP contribution in [0, 0.1) is 0 Å². The Hall–Kier alpha value is -1.55. The monoisotopic (exact) mass is 350 g/mol. The molecule has 0 aliphatic rings. The summed E-state index contributed by atoms with van der Waals surface area (Å²) in [4.78, 5) is 34.2. The van der Waals surface area contributed by atoms with Crippen molar-refractivity contribution in [3.8, 4) is 0 Å². The molecule has 0 saturated carbocycles. The predicted octanol–water partition coefficient (Wildman–Crippen LogP) is -0.595. The van der Waals surface area contributed by atoms with Gasteiger partial charge in [-0.1, -0.05) is 0 Å². The molecule has 0 aliphatic heterocycles. The zero-order chi connectivity index (χ0) is 17.5. The van der Waals surface area contributed by atoms with Gasteiger partial charge in [-0.3, -0.25) is 18.9 Å². The average Bonchev–Trinajstić information content (AvgIpc) is 2.50. The van der Waals surface area contributed by atoms with Gasteiger partial charge in [0.1, 0.15) is 6.10 Å². The Kier molecular flexibility index (Phi) is 7.56. The maximum absolute atomic E-state index is 11.8. The molecule has 0 bridgehead atoms. The lowest BCUT2D eigenvalue weighted by molar-refractivity contribution is -0.0874. The predicted molar refractivity (Wildman–Crippen MR) is 80.2 cm³/mol. The zero-order valence-electron chi connectivity index (χ0n) is 12.6. The Labute approximate surface area is 131 Å². The average molecular weight is 350 g/mol. The number of hydrogen-bond donors (Lipinski definition) is 3. The SMILES string of the molecule is COC[C@@H](O[C@H](/C=C/P(=O)(O)OC)CO)n1ccc(=O)[nH]c1=O. The van der Waals surface area contributed by atoms with Gasteiger partial charge in [0, 0.05) is 32.3 Å². The van der Waals surface area contributed by atoms with Gasteiger partial charge in [0.15, 0.2) is 6.23 Å². The standard InChI is InChI=1S/C12H19N2O8P/c1-20-8-11(14-5-3-10(16)13-12(14)17)22-9(7-15)4-6-23(18,19)21-2/h3-6,9,11,15H,7-8H2,1-2H3,(H,18,19)(H,13,16,17)/b6-4+/t9-,11-/m1/s1. The van der Waals surface area contributed by atoms with Gasteiger partial charge in [0.25, 0.3) is 5.56 Å². The molecular weight excluding hydrogens is 331 g/mol. The summed E-state index contributed by atoms with van der Waals surface area (Å²) < 4.78 is 27.2. The molecule has 3 atom stereocenters. The Morgan fingerprint density at radius 2 is 2.13 bits per heavy atom. The number of hydrogen-bond acceptors (Lipinski definition) is 7. The smallest absolute Gasteiger partial charge is 0.351 e. The molecular formula is C12H19N2O8P. The second-order valence-electron chi connectivity index (χ2n) is 4.37. The van der Waals surface area contributed by atoms with E-state index in [0.29, 0.717) is 0 Å². The summed E-state index contributed by atoms with van der Waals surface area (Å²) in [5, 5.41) is 9.30. The Morgan fingerprint density at radius 1 is 1.43 bits per heavy atom. The third-order valence-electron chi connectivity index (χ3n) is 2.73. The molecule has 3 N–H and O–H groups in total. The minimum absolute atomic E-state index is 0.0582. The van der Waals surface area contributed by atoms with Gasteiger partial charge < -0.3 is 24.0 Å². The molecule has 1 unspecified atom stereocenters. The summed E-state index contributed by atoms with van der Waals surface area (Å²) in [5.41, 5.74) is -1.28. The van der Waals surface area contributed by atoms with Gasteiger partial charge in [0.05, 0.1) is 13.2 Å². The minimum atomic E-state index is -3.91. The van der Waals surface area contributed by atoms with E-state index >= 15 is 0 Å². The molecule has 1 heterocycles. The first-order chi connectivity index (χ1) is 10.8. The minimum Gasteiger partial charge on any atom is -0.393 e. The molecule has 0 amide bonds. The largest absolute Gasteiger partial charge is 0.393 e. The molecule has 0 saturated heterocycles. The second-order valence-corrected chi connectivity index (χ2v) is 6.16. The summed E-state index contributed by atoms with van der Waals surface area (Å²) in [6.45, 7) is -0.574. The third-order valence-corrected chi connectivity index (χ3v) is 3.81. The zero-order valence-corrected chi connectivity index (χ0v) is 13.5. The first-order valence-electron chi connectivity index (χ1n) is 6.47. The molecule has 130 valence electrons. The number of rotatable bonds is 9. The molecule has 0 aromatic carbocycles. The van der Waals surface area contributed by atoms with Gasteiger partial charge in [-0.15, -0.1) is 0 Å². The van der Waals surface area contributed by atoms with E-state index in [1.807, 2.05) is 0 Å². The van der Waals surface area contributed by atoms with Crippen LogP contribution in [0.25, 0.3) is 0 Å². The number of ether oxygens (including phenoxy) is 2. The molecule has 0 radical (unpaired) electrons. The quantitative estimate of drug-likeness (QED) is 0.502. The normalized spacial score (nSPS) is 17.0. The summed E-state index contributed by atoms with van der Waals surface area (Å²) in [5.74, 6) is 0.868. The van der Waals surface area contributed by atoms with Gasteiger partial charge in [-0.2, -0.15) is 0 Å². The molecule has 23 heavy (non-hydrogen) atoms. The van der Waals surface area contributed by atoms with Crippen molar-refractivity contribution in [3.05, 3.63) is 45.0 Å². The van der Waals surface area contributed by atoms with E-state index in [2.05, 4.69) is 9.51 Å². The van der Waals surface area contributed by atoms with E-state index in [4.69, 9.17) is 9.47 Å². The lowest BCUT2D eigenvalue weighted by atomic mass is 10.3. The summed E-state index contributed by atoms with van der Waals surface area (Å²) in [6.07, 6.45) is 0.398. The van der Waals surface area contributed by atoms with E-state index in [1.54, 1.807) is 0 Å². The lowest BCUT2D eigenvalue weighted by Crippen LogP contribution is -2.36. The van der Waals surface area contributed by atoms with Crippen LogP contribution in [0.15, 0.2) is 33.7 Å². The van der Waals surface area contributed by atoms with Crippen molar-refractivity contribution < 1.29 is 28.6 Å². The van der Waals surface area contributed by atoms with E-state index < -0.39 is 37.8 Å². The molecule has 10 nitrogen and oxygen atoms in total. The Morgan fingerprint density at radius 3 is 2.65 bits per heavy atom. The van der Waals surface area contributed by atoms with Crippen LogP contribution in [-0.4, -0.2) is 53.1 Å². The third kappa shape index (κ3) is 6.22. The number of aromatic amines is 1. The van der Waals surface area contributed by atoms with Crippen molar-refractivity contribution >= 4 is 7.60 Å².